The zero-order chi connectivity index (χ0) is 14.3. The Balaban J connectivity index is 1.70. The molecule has 6 heteroatoms. The van der Waals surface area contributed by atoms with Crippen LogP contribution in [0.2, 0.25) is 0 Å². The second kappa shape index (κ2) is 5.01. The van der Waals surface area contributed by atoms with Crippen LogP contribution in [0.5, 0.6) is 0 Å². The lowest BCUT2D eigenvalue weighted by atomic mass is 10.1. The number of nitrogens with one attached hydrogen (secondary N) is 1. The molecule has 0 fully saturated rings. The van der Waals surface area contributed by atoms with E-state index < -0.39 is 0 Å². The van der Waals surface area contributed by atoms with Crippen LogP contribution in [0, 0.1) is 20.8 Å². The van der Waals surface area contributed by atoms with Crippen molar-refractivity contribution in [3.8, 4) is 0 Å². The fraction of sp³-hybridized carbons (Fsp3) is 0.500. The van der Waals surface area contributed by atoms with Crippen LogP contribution in [0.1, 0.15) is 38.3 Å². The fourth-order valence-corrected chi connectivity index (χ4v) is 3.52. The van der Waals surface area contributed by atoms with Crippen LogP contribution in [0.4, 0.5) is 0 Å². The summed E-state index contributed by atoms with van der Waals surface area (Å²) in [6.07, 6.45) is 3.91. The molecule has 2 aromatic heterocycles. The van der Waals surface area contributed by atoms with Crippen molar-refractivity contribution in [2.45, 2.75) is 46.2 Å². The third-order valence-electron chi connectivity index (χ3n) is 3.56. The number of nitrogens with zero attached hydrogens (tertiary/aromatic N) is 3. The maximum atomic E-state index is 12.3. The van der Waals surface area contributed by atoms with Crippen molar-refractivity contribution in [1.82, 2.24) is 19.9 Å². The Hall–Kier alpha value is -1.69. The number of amides is 1. The Morgan fingerprint density at radius 2 is 2.20 bits per heavy atom. The first kappa shape index (κ1) is 13.3. The number of aromatic nitrogens is 3. The Morgan fingerprint density at radius 1 is 1.40 bits per heavy atom. The van der Waals surface area contributed by atoms with Crippen LogP contribution in [-0.4, -0.2) is 26.5 Å². The number of carbonyl (C=O) groups excluding carboxylic acids is 1. The molecule has 0 saturated carbocycles. The lowest BCUT2D eigenvalue weighted by molar-refractivity contribution is 0.0931. The second-order valence-electron chi connectivity index (χ2n) is 5.31. The molecule has 3 rings (SSSR count). The van der Waals surface area contributed by atoms with E-state index in [9.17, 15) is 4.79 Å². The monoisotopic (exact) mass is 290 g/mol. The number of fused-ring (bicyclic) bond motifs is 1. The lowest BCUT2D eigenvalue weighted by Gasteiger charge is -2.24. The quantitative estimate of drug-likeness (QED) is 0.920. The maximum absolute atomic E-state index is 12.3. The normalized spacial score (nSPS) is 17.9. The smallest absolute Gasteiger partial charge is 0.263 e. The van der Waals surface area contributed by atoms with Crippen molar-refractivity contribution >= 4 is 17.2 Å². The predicted octanol–water partition coefficient (Wildman–Crippen LogP) is 2.01. The van der Waals surface area contributed by atoms with Gasteiger partial charge in [-0.1, -0.05) is 0 Å². The highest BCUT2D eigenvalue weighted by molar-refractivity contribution is 7.13. The van der Waals surface area contributed by atoms with E-state index in [1.165, 1.54) is 11.3 Å². The molecule has 1 aliphatic rings. The molecule has 1 N–H and O–H groups in total. The topological polar surface area (TPSA) is 59.8 Å². The Kier molecular flexibility index (Phi) is 3.33. The molecule has 0 radical (unpaired) electrons. The van der Waals surface area contributed by atoms with Gasteiger partial charge < -0.3 is 9.88 Å². The molecular weight excluding hydrogens is 272 g/mol. The summed E-state index contributed by atoms with van der Waals surface area (Å²) in [4.78, 5) is 21.8. The summed E-state index contributed by atoms with van der Waals surface area (Å²) in [6, 6.07) is 0.172. The molecule has 1 atom stereocenters. The molecular formula is C14H18N4OS. The summed E-state index contributed by atoms with van der Waals surface area (Å²) in [7, 11) is 0. The molecule has 0 saturated heterocycles. The third kappa shape index (κ3) is 2.47. The molecule has 1 amide bonds. The molecule has 2 aromatic rings. The first-order chi connectivity index (χ1) is 9.52. The zero-order valence-corrected chi connectivity index (χ0v) is 12.8. The van der Waals surface area contributed by atoms with E-state index >= 15 is 0 Å². The first-order valence-electron chi connectivity index (χ1n) is 6.80. The van der Waals surface area contributed by atoms with Crippen molar-refractivity contribution in [2.24, 2.45) is 0 Å². The average Bonchev–Trinajstić information content (AvgIpc) is 2.90. The van der Waals surface area contributed by atoms with Crippen LogP contribution in [-0.2, 0) is 13.0 Å². The minimum atomic E-state index is -0.00149. The first-order valence-corrected chi connectivity index (χ1v) is 7.62. The SMILES string of the molecule is Cc1cn2c(n1)CC[C@H](NC(=O)c1sc(C)nc1C)C2. The Morgan fingerprint density at radius 3 is 2.90 bits per heavy atom. The van der Waals surface area contributed by atoms with Gasteiger partial charge in [0, 0.05) is 25.2 Å². The molecule has 106 valence electrons. The summed E-state index contributed by atoms with van der Waals surface area (Å²) in [5, 5.41) is 4.06. The van der Waals surface area contributed by atoms with Crippen molar-refractivity contribution in [2.75, 3.05) is 0 Å². The van der Waals surface area contributed by atoms with Crippen LogP contribution >= 0.6 is 11.3 Å². The number of thiazole rings is 1. The minimum Gasteiger partial charge on any atom is -0.347 e. The average molecular weight is 290 g/mol. The Bertz CT molecular complexity index is 658. The summed E-state index contributed by atoms with van der Waals surface area (Å²) in [5.41, 5.74) is 1.86. The van der Waals surface area contributed by atoms with Gasteiger partial charge in [-0.25, -0.2) is 9.97 Å². The molecule has 1 aliphatic heterocycles. The van der Waals surface area contributed by atoms with Crippen molar-refractivity contribution < 1.29 is 4.79 Å². The maximum Gasteiger partial charge on any atom is 0.263 e. The lowest BCUT2D eigenvalue weighted by Crippen LogP contribution is -2.40. The van der Waals surface area contributed by atoms with Crippen LogP contribution < -0.4 is 5.32 Å². The van der Waals surface area contributed by atoms with Crippen LogP contribution in [0.25, 0.3) is 0 Å². The van der Waals surface area contributed by atoms with Crippen molar-refractivity contribution in [3.63, 3.8) is 0 Å². The standard InChI is InChI=1S/C14H18N4OS/c1-8-6-18-7-11(4-5-12(18)15-8)17-14(19)13-9(2)16-10(3)20-13/h6,11H,4-5,7H2,1-3H3,(H,17,19)/t11-/m0/s1. The van der Waals surface area contributed by atoms with Gasteiger partial charge in [0.1, 0.15) is 10.7 Å². The number of hydrogen-bond donors (Lipinski definition) is 1. The van der Waals surface area contributed by atoms with E-state index in [0.717, 1.165) is 46.5 Å². The number of rotatable bonds is 2. The van der Waals surface area contributed by atoms with Crippen molar-refractivity contribution in [1.29, 1.82) is 0 Å². The largest absolute Gasteiger partial charge is 0.347 e. The molecule has 20 heavy (non-hydrogen) atoms. The number of hydrogen-bond acceptors (Lipinski definition) is 4. The predicted molar refractivity (Wildman–Crippen MR) is 78.1 cm³/mol. The van der Waals surface area contributed by atoms with Crippen LogP contribution in [0.15, 0.2) is 6.20 Å². The summed E-state index contributed by atoms with van der Waals surface area (Å²) in [6.45, 7) is 6.62. The van der Waals surface area contributed by atoms with Gasteiger partial charge in [0.05, 0.1) is 16.4 Å². The van der Waals surface area contributed by atoms with E-state index in [2.05, 4.69) is 26.0 Å². The fourth-order valence-electron chi connectivity index (χ4n) is 2.70. The van der Waals surface area contributed by atoms with E-state index in [-0.39, 0.29) is 11.9 Å². The number of carbonyl (C=O) groups is 1. The van der Waals surface area contributed by atoms with Gasteiger partial charge in [-0.15, -0.1) is 11.3 Å². The summed E-state index contributed by atoms with van der Waals surface area (Å²) < 4.78 is 2.15. The van der Waals surface area contributed by atoms with Gasteiger partial charge in [-0.05, 0) is 27.2 Å². The Labute approximate surface area is 122 Å². The molecule has 3 heterocycles. The highest BCUT2D eigenvalue weighted by Crippen LogP contribution is 2.19. The van der Waals surface area contributed by atoms with E-state index in [1.54, 1.807) is 0 Å². The van der Waals surface area contributed by atoms with Crippen molar-refractivity contribution in [3.05, 3.63) is 33.3 Å². The van der Waals surface area contributed by atoms with Gasteiger partial charge in [-0.3, -0.25) is 4.79 Å². The zero-order valence-electron chi connectivity index (χ0n) is 11.9. The molecule has 0 aromatic carbocycles. The van der Waals surface area contributed by atoms with Gasteiger partial charge in [0.15, 0.2) is 0 Å². The number of aryl methyl sites for hydroxylation is 4. The second-order valence-corrected chi connectivity index (χ2v) is 6.51. The van der Waals surface area contributed by atoms with Gasteiger partial charge in [-0.2, -0.15) is 0 Å². The van der Waals surface area contributed by atoms with E-state index in [4.69, 9.17) is 0 Å². The molecule has 0 unspecified atom stereocenters. The summed E-state index contributed by atoms with van der Waals surface area (Å²) in [5.74, 6) is 1.12. The van der Waals surface area contributed by atoms with E-state index in [0.29, 0.717) is 0 Å². The van der Waals surface area contributed by atoms with Gasteiger partial charge >= 0.3 is 0 Å². The molecule has 0 bridgehead atoms. The van der Waals surface area contributed by atoms with Crippen LogP contribution in [0.3, 0.4) is 0 Å². The highest BCUT2D eigenvalue weighted by atomic mass is 32.1. The minimum absolute atomic E-state index is 0.00149. The van der Waals surface area contributed by atoms with E-state index in [1.807, 2.05) is 20.8 Å². The molecule has 0 aliphatic carbocycles. The molecule has 0 spiro atoms. The van der Waals surface area contributed by atoms with Gasteiger partial charge in [0.25, 0.3) is 5.91 Å². The summed E-state index contributed by atoms with van der Waals surface area (Å²) >= 11 is 1.46. The molecule has 5 nitrogen and oxygen atoms in total. The number of imidazole rings is 1. The third-order valence-corrected chi connectivity index (χ3v) is 4.63. The highest BCUT2D eigenvalue weighted by Gasteiger charge is 2.23. The van der Waals surface area contributed by atoms with Gasteiger partial charge in [0.2, 0.25) is 0 Å².